The minimum atomic E-state index is -0.143. The molecule has 0 atom stereocenters. The van der Waals surface area contributed by atoms with Gasteiger partial charge in [0.1, 0.15) is 17.3 Å². The number of hydrogen-bond donors (Lipinski definition) is 1. The number of aromatic nitrogens is 4. The van der Waals surface area contributed by atoms with E-state index in [9.17, 15) is 4.79 Å². The molecule has 31 heavy (non-hydrogen) atoms. The normalized spacial score (nSPS) is 10.9. The van der Waals surface area contributed by atoms with Gasteiger partial charge < -0.3 is 19.4 Å². The number of hydrogen-bond acceptors (Lipinski definition) is 8. The molecule has 0 aliphatic heterocycles. The Balaban J connectivity index is 1.35. The molecule has 0 saturated heterocycles. The molecule has 0 unspecified atom stereocenters. The summed E-state index contributed by atoms with van der Waals surface area (Å²) in [6, 6.07) is 13.5. The van der Waals surface area contributed by atoms with E-state index >= 15 is 0 Å². The molecule has 0 saturated carbocycles. The van der Waals surface area contributed by atoms with E-state index in [0.717, 1.165) is 33.1 Å². The zero-order valence-electron chi connectivity index (χ0n) is 17.3. The van der Waals surface area contributed by atoms with Crippen LogP contribution in [0.3, 0.4) is 0 Å². The molecular weight excluding hydrogens is 434 g/mol. The summed E-state index contributed by atoms with van der Waals surface area (Å²) in [5.74, 6) is 2.48. The van der Waals surface area contributed by atoms with Gasteiger partial charge in [0.15, 0.2) is 10.3 Å². The van der Waals surface area contributed by atoms with Gasteiger partial charge >= 0.3 is 0 Å². The second kappa shape index (κ2) is 9.36. The van der Waals surface area contributed by atoms with Crippen molar-refractivity contribution in [3.05, 3.63) is 53.9 Å². The van der Waals surface area contributed by atoms with Gasteiger partial charge in [0, 0.05) is 13.5 Å². The predicted octanol–water partition coefficient (Wildman–Crippen LogP) is 3.76. The number of rotatable bonds is 8. The average Bonchev–Trinajstić information content (AvgIpc) is 3.34. The lowest BCUT2D eigenvalue weighted by Gasteiger charge is -2.05. The first kappa shape index (κ1) is 21.1. The van der Waals surface area contributed by atoms with E-state index in [2.05, 4.69) is 20.5 Å². The largest absolute Gasteiger partial charge is 0.497 e. The fraction of sp³-hybridized carbons (Fsp3) is 0.238. The Labute approximate surface area is 187 Å². The number of methoxy groups -OCH3 is 2. The summed E-state index contributed by atoms with van der Waals surface area (Å²) in [5, 5.41) is 12.6. The molecule has 0 spiro atoms. The summed E-state index contributed by atoms with van der Waals surface area (Å²) in [4.78, 5) is 16.8. The van der Waals surface area contributed by atoms with Gasteiger partial charge in [-0.3, -0.25) is 4.79 Å². The van der Waals surface area contributed by atoms with Crippen molar-refractivity contribution in [2.45, 2.75) is 11.6 Å². The molecule has 2 aromatic heterocycles. The maximum atomic E-state index is 12.4. The van der Waals surface area contributed by atoms with Gasteiger partial charge in [-0.05, 0) is 35.9 Å². The standard InChI is InChI=1S/C21H21N5O3S2/c1-26-18(10-13-4-6-14(28-2)7-5-13)24-25-21(26)30-12-19(27)23-20-22-16-9-8-15(29-3)11-17(16)31-20/h4-9,11H,10,12H2,1-3H3,(H,22,23,27). The van der Waals surface area contributed by atoms with Gasteiger partial charge in [0.05, 0.1) is 30.2 Å². The highest BCUT2D eigenvalue weighted by Crippen LogP contribution is 2.29. The van der Waals surface area contributed by atoms with Crippen molar-refractivity contribution in [2.75, 3.05) is 25.3 Å². The van der Waals surface area contributed by atoms with Crippen LogP contribution in [0.15, 0.2) is 47.6 Å². The number of nitrogens with one attached hydrogen (secondary N) is 1. The van der Waals surface area contributed by atoms with Crippen molar-refractivity contribution in [1.82, 2.24) is 19.7 Å². The SMILES string of the molecule is COc1ccc(Cc2nnc(SCC(=O)Nc3nc4ccc(OC)cc4s3)n2C)cc1. The molecule has 0 radical (unpaired) electrons. The third-order valence-electron chi connectivity index (χ3n) is 4.62. The molecule has 2 heterocycles. The monoisotopic (exact) mass is 455 g/mol. The Morgan fingerprint density at radius 1 is 1.10 bits per heavy atom. The van der Waals surface area contributed by atoms with Crippen LogP contribution in [0.4, 0.5) is 5.13 Å². The Kier molecular flexibility index (Phi) is 6.38. The zero-order chi connectivity index (χ0) is 21.8. The van der Waals surface area contributed by atoms with Gasteiger partial charge in [0.25, 0.3) is 0 Å². The number of thiazole rings is 1. The van der Waals surface area contributed by atoms with Gasteiger partial charge in [-0.25, -0.2) is 4.98 Å². The van der Waals surface area contributed by atoms with Crippen LogP contribution in [0.1, 0.15) is 11.4 Å². The molecule has 0 fully saturated rings. The first-order chi connectivity index (χ1) is 15.1. The number of amides is 1. The van der Waals surface area contributed by atoms with Crippen LogP contribution in [-0.4, -0.2) is 45.6 Å². The summed E-state index contributed by atoms with van der Waals surface area (Å²) in [6.45, 7) is 0. The molecule has 0 bridgehead atoms. The topological polar surface area (TPSA) is 91.2 Å². The van der Waals surface area contributed by atoms with Gasteiger partial charge in [-0.1, -0.05) is 35.2 Å². The Bertz CT molecular complexity index is 1200. The van der Waals surface area contributed by atoms with Crippen LogP contribution in [0.2, 0.25) is 0 Å². The highest BCUT2D eigenvalue weighted by atomic mass is 32.2. The van der Waals surface area contributed by atoms with Crippen molar-refractivity contribution >= 4 is 44.4 Å². The van der Waals surface area contributed by atoms with E-state index in [1.165, 1.54) is 23.1 Å². The van der Waals surface area contributed by atoms with E-state index in [4.69, 9.17) is 9.47 Å². The van der Waals surface area contributed by atoms with Gasteiger partial charge in [-0.2, -0.15) is 0 Å². The average molecular weight is 456 g/mol. The van der Waals surface area contributed by atoms with E-state index in [-0.39, 0.29) is 11.7 Å². The highest BCUT2D eigenvalue weighted by molar-refractivity contribution is 7.99. The molecular formula is C21H21N5O3S2. The fourth-order valence-corrected chi connectivity index (χ4v) is 4.56. The maximum Gasteiger partial charge on any atom is 0.236 e. The van der Waals surface area contributed by atoms with Crippen LogP contribution >= 0.6 is 23.1 Å². The van der Waals surface area contributed by atoms with Crippen molar-refractivity contribution in [3.63, 3.8) is 0 Å². The highest BCUT2D eigenvalue weighted by Gasteiger charge is 2.14. The van der Waals surface area contributed by atoms with Gasteiger partial charge in [-0.15, -0.1) is 10.2 Å². The van der Waals surface area contributed by atoms with Crippen molar-refractivity contribution in [1.29, 1.82) is 0 Å². The summed E-state index contributed by atoms with van der Waals surface area (Å²) in [7, 11) is 5.17. The van der Waals surface area contributed by atoms with Crippen LogP contribution < -0.4 is 14.8 Å². The summed E-state index contributed by atoms with van der Waals surface area (Å²) >= 11 is 2.75. The summed E-state index contributed by atoms with van der Waals surface area (Å²) in [6.07, 6.45) is 0.648. The third-order valence-corrected chi connectivity index (χ3v) is 6.57. The number of anilines is 1. The number of carbonyl (C=O) groups excluding carboxylic acids is 1. The number of fused-ring (bicyclic) bond motifs is 1. The van der Waals surface area contributed by atoms with E-state index in [0.29, 0.717) is 16.7 Å². The minimum absolute atomic E-state index is 0.143. The number of ether oxygens (including phenoxy) is 2. The van der Waals surface area contributed by atoms with Crippen molar-refractivity contribution < 1.29 is 14.3 Å². The molecule has 10 heteroatoms. The molecule has 1 amide bonds. The number of nitrogens with zero attached hydrogens (tertiary/aromatic N) is 4. The number of benzene rings is 2. The van der Waals surface area contributed by atoms with Crippen LogP contribution in [0.5, 0.6) is 11.5 Å². The summed E-state index contributed by atoms with van der Waals surface area (Å²) < 4.78 is 13.3. The summed E-state index contributed by atoms with van der Waals surface area (Å²) in [5.41, 5.74) is 1.93. The Morgan fingerprint density at radius 2 is 1.84 bits per heavy atom. The first-order valence-corrected chi connectivity index (χ1v) is 11.2. The lowest BCUT2D eigenvalue weighted by atomic mass is 10.1. The molecule has 160 valence electrons. The predicted molar refractivity (Wildman–Crippen MR) is 122 cm³/mol. The molecule has 2 aromatic carbocycles. The lowest BCUT2D eigenvalue weighted by molar-refractivity contribution is -0.113. The van der Waals surface area contributed by atoms with Crippen LogP contribution in [0.25, 0.3) is 10.2 Å². The van der Waals surface area contributed by atoms with Gasteiger partial charge in [0.2, 0.25) is 5.91 Å². The zero-order valence-corrected chi connectivity index (χ0v) is 18.9. The van der Waals surface area contributed by atoms with Crippen molar-refractivity contribution in [3.8, 4) is 11.5 Å². The van der Waals surface area contributed by atoms with E-state index in [1.54, 1.807) is 14.2 Å². The van der Waals surface area contributed by atoms with Crippen molar-refractivity contribution in [2.24, 2.45) is 7.05 Å². The first-order valence-electron chi connectivity index (χ1n) is 9.44. The van der Waals surface area contributed by atoms with Crippen LogP contribution in [0, 0.1) is 0 Å². The minimum Gasteiger partial charge on any atom is -0.497 e. The maximum absolute atomic E-state index is 12.4. The lowest BCUT2D eigenvalue weighted by Crippen LogP contribution is -2.14. The number of carbonyl (C=O) groups is 1. The molecule has 4 aromatic rings. The van der Waals surface area contributed by atoms with E-state index in [1.807, 2.05) is 54.1 Å². The fourth-order valence-electron chi connectivity index (χ4n) is 2.92. The molecule has 4 rings (SSSR count). The third kappa shape index (κ3) is 4.97. The van der Waals surface area contributed by atoms with Crippen LogP contribution in [-0.2, 0) is 18.3 Å². The quantitative estimate of drug-likeness (QED) is 0.405. The van der Waals surface area contributed by atoms with E-state index < -0.39 is 0 Å². The smallest absolute Gasteiger partial charge is 0.236 e. The second-order valence-corrected chi connectivity index (χ2v) is 8.65. The Hall–Kier alpha value is -3.11. The molecule has 0 aliphatic rings. The molecule has 8 nitrogen and oxygen atoms in total. The number of thioether (sulfide) groups is 1. The Morgan fingerprint density at radius 3 is 2.58 bits per heavy atom. The molecule has 0 aliphatic carbocycles. The molecule has 1 N–H and O–H groups in total. The second-order valence-electron chi connectivity index (χ2n) is 6.67.